The number of aryl methyl sites for hydroxylation is 1. The van der Waals surface area contributed by atoms with Gasteiger partial charge in [-0.05, 0) is 56.3 Å². The van der Waals surface area contributed by atoms with Gasteiger partial charge in [-0.2, -0.15) is 0 Å². The van der Waals surface area contributed by atoms with E-state index >= 15 is 0 Å². The zero-order valence-corrected chi connectivity index (χ0v) is 11.3. The summed E-state index contributed by atoms with van der Waals surface area (Å²) in [6.45, 7) is 8.99. The Balaban J connectivity index is 2.82. The molecule has 0 fully saturated rings. The minimum Gasteiger partial charge on any atom is -0.313 e. The van der Waals surface area contributed by atoms with Gasteiger partial charge in [-0.25, -0.2) is 0 Å². The van der Waals surface area contributed by atoms with Gasteiger partial charge in [-0.3, -0.25) is 0 Å². The molecule has 1 atom stereocenters. The highest BCUT2D eigenvalue weighted by molar-refractivity contribution is 5.35. The Hall–Kier alpha value is -0.820. The number of rotatable bonds is 5. The predicted octanol–water partition coefficient (Wildman–Crippen LogP) is 4.00. The molecule has 0 bridgehead atoms. The maximum Gasteiger partial charge on any atom is 0.0320 e. The van der Waals surface area contributed by atoms with Crippen LogP contribution in [-0.2, 0) is 0 Å². The smallest absolute Gasteiger partial charge is 0.0320 e. The third-order valence-electron chi connectivity index (χ3n) is 3.40. The summed E-state index contributed by atoms with van der Waals surface area (Å²) in [4.78, 5) is 0. The van der Waals surface area contributed by atoms with Gasteiger partial charge >= 0.3 is 0 Å². The molecule has 1 rings (SSSR count). The summed E-state index contributed by atoms with van der Waals surface area (Å²) in [7, 11) is 2.06. The van der Waals surface area contributed by atoms with Crippen molar-refractivity contribution in [3.63, 3.8) is 0 Å². The van der Waals surface area contributed by atoms with E-state index in [4.69, 9.17) is 0 Å². The molecule has 0 radical (unpaired) electrons. The average molecular weight is 219 g/mol. The minimum absolute atomic E-state index is 0.502. The molecule has 0 aliphatic rings. The van der Waals surface area contributed by atoms with Crippen molar-refractivity contribution in [3.8, 4) is 0 Å². The van der Waals surface area contributed by atoms with E-state index in [-0.39, 0.29) is 0 Å². The van der Waals surface area contributed by atoms with Crippen LogP contribution >= 0.6 is 0 Å². The molecule has 1 N–H and O–H groups in total. The first-order valence-electron chi connectivity index (χ1n) is 6.29. The summed E-state index contributed by atoms with van der Waals surface area (Å²) in [5, 5.41) is 3.44. The van der Waals surface area contributed by atoms with Crippen LogP contribution < -0.4 is 5.32 Å². The highest BCUT2D eigenvalue weighted by Crippen LogP contribution is 2.25. The number of benzene rings is 1. The van der Waals surface area contributed by atoms with Crippen LogP contribution in [0.3, 0.4) is 0 Å². The summed E-state index contributed by atoms with van der Waals surface area (Å²) in [6.07, 6.45) is 2.50. The molecule has 0 amide bonds. The summed E-state index contributed by atoms with van der Waals surface area (Å²) in [6, 6.07) is 7.11. The average Bonchev–Trinajstić information content (AvgIpc) is 2.24. The minimum atomic E-state index is 0.502. The van der Waals surface area contributed by atoms with Crippen LogP contribution in [0.1, 0.15) is 49.4 Å². The summed E-state index contributed by atoms with van der Waals surface area (Å²) in [5.74, 6) is 0.779. The van der Waals surface area contributed by atoms with Crippen molar-refractivity contribution < 1.29 is 0 Å². The van der Waals surface area contributed by atoms with Crippen LogP contribution in [0.25, 0.3) is 0 Å². The monoisotopic (exact) mass is 219 g/mol. The molecule has 0 saturated carbocycles. The van der Waals surface area contributed by atoms with Crippen LogP contribution in [0.2, 0.25) is 0 Å². The second kappa shape index (κ2) is 6.05. The van der Waals surface area contributed by atoms with E-state index in [0.29, 0.717) is 6.04 Å². The highest BCUT2D eigenvalue weighted by atomic mass is 14.9. The zero-order chi connectivity index (χ0) is 12.1. The summed E-state index contributed by atoms with van der Waals surface area (Å²) >= 11 is 0. The lowest BCUT2D eigenvalue weighted by molar-refractivity contribution is 0.463. The second-order valence-corrected chi connectivity index (χ2v) is 5.10. The first-order valence-corrected chi connectivity index (χ1v) is 6.29. The van der Waals surface area contributed by atoms with Gasteiger partial charge in [0.05, 0.1) is 0 Å². The van der Waals surface area contributed by atoms with Crippen molar-refractivity contribution in [2.75, 3.05) is 7.05 Å². The van der Waals surface area contributed by atoms with Gasteiger partial charge in [0.25, 0.3) is 0 Å². The number of hydrogen-bond donors (Lipinski definition) is 1. The Bertz CT molecular complexity index is 328. The van der Waals surface area contributed by atoms with Gasteiger partial charge in [0.2, 0.25) is 0 Å². The first kappa shape index (κ1) is 13.2. The Labute approximate surface area is 100 Å². The Kier molecular flexibility index (Phi) is 5.01. The van der Waals surface area contributed by atoms with E-state index in [1.807, 2.05) is 0 Å². The Morgan fingerprint density at radius 1 is 1.12 bits per heavy atom. The zero-order valence-electron chi connectivity index (χ0n) is 11.3. The van der Waals surface area contributed by atoms with Crippen molar-refractivity contribution in [2.45, 2.75) is 46.6 Å². The van der Waals surface area contributed by atoms with E-state index in [1.165, 1.54) is 29.5 Å². The molecule has 0 saturated heterocycles. The lowest BCUT2D eigenvalue weighted by Gasteiger charge is -2.20. The Morgan fingerprint density at radius 3 is 2.38 bits per heavy atom. The maximum absolute atomic E-state index is 3.44. The van der Waals surface area contributed by atoms with Gasteiger partial charge < -0.3 is 5.32 Å². The number of nitrogens with one attached hydrogen (secondary N) is 1. The van der Waals surface area contributed by atoms with Crippen molar-refractivity contribution in [1.82, 2.24) is 5.32 Å². The fourth-order valence-electron chi connectivity index (χ4n) is 2.11. The summed E-state index contributed by atoms with van der Waals surface area (Å²) < 4.78 is 0. The first-order chi connectivity index (χ1) is 7.56. The molecule has 0 spiro atoms. The third kappa shape index (κ3) is 3.34. The highest BCUT2D eigenvalue weighted by Gasteiger charge is 2.12. The molecule has 1 nitrogen and oxygen atoms in total. The van der Waals surface area contributed by atoms with Gasteiger partial charge in [-0.15, -0.1) is 0 Å². The Morgan fingerprint density at radius 2 is 1.81 bits per heavy atom. The van der Waals surface area contributed by atoms with Crippen molar-refractivity contribution in [1.29, 1.82) is 0 Å². The van der Waals surface area contributed by atoms with Gasteiger partial charge in [0, 0.05) is 6.04 Å². The molecule has 16 heavy (non-hydrogen) atoms. The molecule has 0 aliphatic heterocycles. The van der Waals surface area contributed by atoms with Crippen LogP contribution in [0, 0.1) is 19.8 Å². The van der Waals surface area contributed by atoms with Gasteiger partial charge in [0.15, 0.2) is 0 Å². The molecular formula is C15H25N. The lowest BCUT2D eigenvalue weighted by atomic mass is 9.93. The predicted molar refractivity (Wildman–Crippen MR) is 71.8 cm³/mol. The lowest BCUT2D eigenvalue weighted by Crippen LogP contribution is -2.18. The molecule has 1 heteroatoms. The normalized spacial score (nSPS) is 13.1. The van der Waals surface area contributed by atoms with Crippen molar-refractivity contribution in [2.24, 2.45) is 5.92 Å². The van der Waals surface area contributed by atoms with Crippen LogP contribution in [-0.4, -0.2) is 7.05 Å². The SMILES string of the molecule is CNC(CCC(C)C)c1cccc(C)c1C. The van der Waals surface area contributed by atoms with Gasteiger partial charge in [0.1, 0.15) is 0 Å². The van der Waals surface area contributed by atoms with Crippen LogP contribution in [0.5, 0.6) is 0 Å². The summed E-state index contributed by atoms with van der Waals surface area (Å²) in [5.41, 5.74) is 4.29. The molecule has 0 aliphatic carbocycles. The molecule has 0 aromatic heterocycles. The number of hydrogen-bond acceptors (Lipinski definition) is 1. The van der Waals surface area contributed by atoms with E-state index < -0.39 is 0 Å². The molecule has 1 unspecified atom stereocenters. The second-order valence-electron chi connectivity index (χ2n) is 5.10. The van der Waals surface area contributed by atoms with Crippen LogP contribution in [0.15, 0.2) is 18.2 Å². The molecular weight excluding hydrogens is 194 g/mol. The third-order valence-corrected chi connectivity index (χ3v) is 3.40. The quantitative estimate of drug-likeness (QED) is 0.789. The fraction of sp³-hybridized carbons (Fsp3) is 0.600. The maximum atomic E-state index is 3.44. The molecule has 1 aromatic carbocycles. The van der Waals surface area contributed by atoms with Crippen molar-refractivity contribution in [3.05, 3.63) is 34.9 Å². The topological polar surface area (TPSA) is 12.0 Å². The van der Waals surface area contributed by atoms with Gasteiger partial charge in [-0.1, -0.05) is 32.0 Å². The molecule has 0 heterocycles. The molecule has 1 aromatic rings. The van der Waals surface area contributed by atoms with Crippen molar-refractivity contribution >= 4 is 0 Å². The van der Waals surface area contributed by atoms with E-state index in [9.17, 15) is 0 Å². The van der Waals surface area contributed by atoms with E-state index in [2.05, 4.69) is 58.3 Å². The largest absolute Gasteiger partial charge is 0.313 e. The molecule has 90 valence electrons. The van der Waals surface area contributed by atoms with E-state index in [1.54, 1.807) is 0 Å². The van der Waals surface area contributed by atoms with E-state index in [0.717, 1.165) is 5.92 Å². The van der Waals surface area contributed by atoms with Crippen LogP contribution in [0.4, 0.5) is 0 Å². The standard InChI is InChI=1S/C15H25N/c1-11(2)9-10-15(16-5)14-8-6-7-12(3)13(14)4/h6-8,11,15-16H,9-10H2,1-5H3. The fourth-order valence-corrected chi connectivity index (χ4v) is 2.11.